The number of aliphatic hydroxyl groups is 1. The van der Waals surface area contributed by atoms with Crippen LogP contribution >= 0.6 is 11.6 Å². The molecule has 3 N–H and O–H groups in total. The molecule has 3 fully saturated rings. The molecule has 2 bridgehead atoms. The van der Waals surface area contributed by atoms with Crippen LogP contribution in [0.1, 0.15) is 51.5 Å². The van der Waals surface area contributed by atoms with Crippen molar-refractivity contribution in [3.8, 4) is 0 Å². The van der Waals surface area contributed by atoms with E-state index in [9.17, 15) is 19.5 Å². The number of carbonyl (C=O) groups excluding carboxylic acids is 3. The Morgan fingerprint density at radius 2 is 2.03 bits per heavy atom. The van der Waals surface area contributed by atoms with Gasteiger partial charge in [0.2, 0.25) is 17.7 Å². The summed E-state index contributed by atoms with van der Waals surface area (Å²) in [4.78, 5) is 42.3. The lowest BCUT2D eigenvalue weighted by Gasteiger charge is -2.33. The van der Waals surface area contributed by atoms with Gasteiger partial charge in [0.15, 0.2) is 0 Å². The molecule has 3 saturated heterocycles. The van der Waals surface area contributed by atoms with E-state index in [4.69, 9.17) is 16.3 Å². The van der Waals surface area contributed by atoms with Crippen LogP contribution in [0.5, 0.6) is 0 Å². The molecule has 2 unspecified atom stereocenters. The quantitative estimate of drug-likeness (QED) is 0.460. The van der Waals surface area contributed by atoms with E-state index < -0.39 is 29.1 Å². The molecule has 186 valence electrons. The number of fused-ring (bicyclic) bond motifs is 1. The fourth-order valence-corrected chi connectivity index (χ4v) is 6.37. The Balaban J connectivity index is 1.71. The van der Waals surface area contributed by atoms with Gasteiger partial charge < -0.3 is 25.4 Å². The molecule has 3 heterocycles. The maximum atomic E-state index is 13.8. The van der Waals surface area contributed by atoms with Crippen LogP contribution < -0.4 is 10.6 Å². The zero-order valence-corrected chi connectivity index (χ0v) is 20.8. The number of nitrogens with zero attached hydrogens (tertiary/aromatic N) is 1. The molecule has 5 atom stereocenters. The maximum Gasteiger partial charge on any atom is 0.250 e. The summed E-state index contributed by atoms with van der Waals surface area (Å²) in [6.07, 6.45) is 2.96. The van der Waals surface area contributed by atoms with Gasteiger partial charge in [-0.2, -0.15) is 0 Å². The average Bonchev–Trinajstić information content (AvgIpc) is 3.36. The summed E-state index contributed by atoms with van der Waals surface area (Å²) < 4.78 is 6.56. The number of rotatable bonds is 9. The number of para-hydroxylation sites is 1. The molecule has 34 heavy (non-hydrogen) atoms. The minimum Gasteiger partial charge on any atom is -0.396 e. The minimum atomic E-state index is -1.07. The highest BCUT2D eigenvalue weighted by molar-refractivity contribution is 6.34. The van der Waals surface area contributed by atoms with Crippen molar-refractivity contribution in [3.63, 3.8) is 0 Å². The van der Waals surface area contributed by atoms with E-state index in [0.717, 1.165) is 12.0 Å². The highest BCUT2D eigenvalue weighted by atomic mass is 35.5. The van der Waals surface area contributed by atoms with Crippen LogP contribution in [0.3, 0.4) is 0 Å². The van der Waals surface area contributed by atoms with Gasteiger partial charge >= 0.3 is 0 Å². The predicted octanol–water partition coefficient (Wildman–Crippen LogP) is 2.65. The highest BCUT2D eigenvalue weighted by Crippen LogP contribution is 2.63. The number of anilines is 1. The molecular formula is C25H34ClN3O5. The molecule has 0 saturated carbocycles. The van der Waals surface area contributed by atoms with Gasteiger partial charge in [-0.05, 0) is 57.6 Å². The lowest BCUT2D eigenvalue weighted by Crippen LogP contribution is -2.53. The zero-order chi connectivity index (χ0) is 24.7. The number of likely N-dealkylation sites (tertiary alicyclic amines) is 1. The molecule has 8 nitrogen and oxygen atoms in total. The average molecular weight is 492 g/mol. The van der Waals surface area contributed by atoms with Gasteiger partial charge in [-0.25, -0.2) is 0 Å². The number of benzene rings is 1. The number of carbonyl (C=O) groups is 3. The fraction of sp³-hybridized carbons (Fsp3) is 0.640. The first-order chi connectivity index (χ1) is 16.2. The number of aryl methyl sites for hydroxylation is 1. The van der Waals surface area contributed by atoms with Gasteiger partial charge in [-0.3, -0.25) is 14.4 Å². The number of hydrogen-bond acceptors (Lipinski definition) is 5. The van der Waals surface area contributed by atoms with Crippen LogP contribution in [-0.4, -0.2) is 64.7 Å². The lowest BCUT2D eigenvalue weighted by atomic mass is 9.66. The number of aliphatic hydroxyl groups excluding tert-OH is 1. The lowest BCUT2D eigenvalue weighted by molar-refractivity contribution is -0.144. The number of nitrogens with one attached hydrogen (secondary N) is 2. The Kier molecular flexibility index (Phi) is 6.95. The van der Waals surface area contributed by atoms with E-state index >= 15 is 0 Å². The minimum absolute atomic E-state index is 0.00288. The summed E-state index contributed by atoms with van der Waals surface area (Å²) in [5.74, 6) is -2.16. The van der Waals surface area contributed by atoms with Gasteiger partial charge in [-0.1, -0.05) is 30.7 Å². The molecule has 0 radical (unpaired) electrons. The third-order valence-electron chi connectivity index (χ3n) is 7.63. The second-order valence-electron chi connectivity index (χ2n) is 9.90. The molecule has 9 heteroatoms. The number of halogens is 1. The third-order valence-corrected chi connectivity index (χ3v) is 7.95. The van der Waals surface area contributed by atoms with E-state index in [0.29, 0.717) is 49.5 Å². The molecule has 1 aromatic rings. The molecule has 4 rings (SSSR count). The predicted molar refractivity (Wildman–Crippen MR) is 128 cm³/mol. The van der Waals surface area contributed by atoms with Gasteiger partial charge in [-0.15, -0.1) is 0 Å². The van der Waals surface area contributed by atoms with Crippen molar-refractivity contribution in [1.29, 1.82) is 0 Å². The smallest absolute Gasteiger partial charge is 0.250 e. The summed E-state index contributed by atoms with van der Waals surface area (Å²) >= 11 is 6.36. The Labute approximate surface area is 205 Å². The first-order valence-corrected chi connectivity index (χ1v) is 12.5. The third kappa shape index (κ3) is 3.89. The Morgan fingerprint density at radius 1 is 1.26 bits per heavy atom. The molecule has 0 aromatic heterocycles. The monoisotopic (exact) mass is 491 g/mol. The van der Waals surface area contributed by atoms with E-state index in [2.05, 4.69) is 10.6 Å². The Hall–Kier alpha value is -2.16. The molecule has 3 aliphatic heterocycles. The van der Waals surface area contributed by atoms with Gasteiger partial charge in [0.25, 0.3) is 0 Å². The van der Waals surface area contributed by atoms with E-state index in [-0.39, 0.29) is 24.3 Å². The van der Waals surface area contributed by atoms with Gasteiger partial charge in [0.1, 0.15) is 11.6 Å². The second kappa shape index (κ2) is 9.47. The van der Waals surface area contributed by atoms with Crippen LogP contribution in [0.15, 0.2) is 18.2 Å². The highest BCUT2D eigenvalue weighted by Gasteiger charge is 2.77. The zero-order valence-electron chi connectivity index (χ0n) is 20.0. The second-order valence-corrected chi connectivity index (χ2v) is 10.3. The summed E-state index contributed by atoms with van der Waals surface area (Å²) in [5.41, 5.74) is -0.550. The first kappa shape index (κ1) is 24.9. The molecule has 0 aliphatic carbocycles. The van der Waals surface area contributed by atoms with Crippen LogP contribution in [0.2, 0.25) is 5.02 Å². The van der Waals surface area contributed by atoms with Crippen molar-refractivity contribution < 1.29 is 24.2 Å². The molecule has 3 amide bonds. The van der Waals surface area contributed by atoms with Crippen LogP contribution in [0.4, 0.5) is 5.69 Å². The normalized spacial score (nSPS) is 31.6. The van der Waals surface area contributed by atoms with Crippen molar-refractivity contribution in [2.45, 2.75) is 70.1 Å². The molecule has 1 aromatic carbocycles. The molecule has 1 spiro atoms. The maximum absolute atomic E-state index is 13.8. The van der Waals surface area contributed by atoms with Crippen LogP contribution in [0.25, 0.3) is 0 Å². The molecular weight excluding hydrogens is 458 g/mol. The fourth-order valence-electron chi connectivity index (χ4n) is 6.10. The van der Waals surface area contributed by atoms with Gasteiger partial charge in [0, 0.05) is 19.7 Å². The largest absolute Gasteiger partial charge is 0.396 e. The number of hydrogen-bond donors (Lipinski definition) is 3. The number of ether oxygens (including phenoxy) is 1. The van der Waals surface area contributed by atoms with Crippen LogP contribution in [-0.2, 0) is 19.1 Å². The Morgan fingerprint density at radius 3 is 2.71 bits per heavy atom. The standard InChI is InChI=1S/C25H34ClN3O5/c1-4-12-27-21(31)17-18-23(33)29(13-5-6-14-30)20(25(18)11-10-24(17,3)34-25)22(32)28-19-15(2)8-7-9-16(19)26/h7-9,17-18,20,30H,4-6,10-14H2,1-3H3,(H,27,31)(H,28,32)/t17-,18-,20?,24+,25?/m0/s1. The molecule has 3 aliphatic rings. The summed E-state index contributed by atoms with van der Waals surface area (Å²) in [6, 6.07) is 4.49. The summed E-state index contributed by atoms with van der Waals surface area (Å²) in [7, 11) is 0. The topological polar surface area (TPSA) is 108 Å². The van der Waals surface area contributed by atoms with Crippen molar-refractivity contribution in [2.75, 3.05) is 25.0 Å². The van der Waals surface area contributed by atoms with Crippen molar-refractivity contribution in [3.05, 3.63) is 28.8 Å². The van der Waals surface area contributed by atoms with Crippen molar-refractivity contribution in [1.82, 2.24) is 10.2 Å². The van der Waals surface area contributed by atoms with E-state index in [1.54, 1.807) is 11.0 Å². The number of unbranched alkanes of at least 4 members (excludes halogenated alkanes) is 1. The SMILES string of the molecule is CCCNC(=O)[C@@H]1[C@H]2C(=O)N(CCCCO)C(C(=O)Nc3c(C)cccc3Cl)C23CC[C@@]1(C)O3. The van der Waals surface area contributed by atoms with Crippen molar-refractivity contribution in [2.24, 2.45) is 11.8 Å². The van der Waals surface area contributed by atoms with E-state index in [1.165, 1.54) is 0 Å². The first-order valence-electron chi connectivity index (χ1n) is 12.2. The summed E-state index contributed by atoms with van der Waals surface area (Å²) in [5, 5.41) is 15.6. The van der Waals surface area contributed by atoms with Gasteiger partial charge in [0.05, 0.1) is 28.1 Å². The Bertz CT molecular complexity index is 967. The number of amides is 3. The van der Waals surface area contributed by atoms with Crippen LogP contribution in [0, 0.1) is 18.8 Å². The van der Waals surface area contributed by atoms with Crippen molar-refractivity contribution >= 4 is 35.0 Å². The van der Waals surface area contributed by atoms with E-state index in [1.807, 2.05) is 32.9 Å². The summed E-state index contributed by atoms with van der Waals surface area (Å²) in [6.45, 7) is 6.54.